The number of morpholine rings is 1. The summed E-state index contributed by atoms with van der Waals surface area (Å²) in [5.74, 6) is 0.122. The van der Waals surface area contributed by atoms with Crippen LogP contribution in [0.2, 0.25) is 0 Å². The number of carbonyl (C=O) groups excluding carboxylic acids is 2. The van der Waals surface area contributed by atoms with E-state index in [0.29, 0.717) is 49.7 Å². The lowest BCUT2D eigenvalue weighted by Gasteiger charge is -2.36. The van der Waals surface area contributed by atoms with Gasteiger partial charge in [0.15, 0.2) is 0 Å². The Morgan fingerprint density at radius 1 is 1.10 bits per heavy atom. The van der Waals surface area contributed by atoms with Gasteiger partial charge in [0.05, 0.1) is 25.3 Å². The number of hydrogen-bond acceptors (Lipinski definition) is 7. The molecule has 2 amide bonds. The molecular weight excluding hydrogens is 496 g/mol. The third-order valence-corrected chi connectivity index (χ3v) is 7.21. The van der Waals surface area contributed by atoms with Crippen LogP contribution in [0, 0.1) is 0 Å². The van der Waals surface area contributed by atoms with Gasteiger partial charge in [-0.25, -0.2) is 4.68 Å². The Morgan fingerprint density at radius 3 is 2.56 bits per heavy atom. The highest BCUT2D eigenvalue weighted by atomic mass is 16.5. The average Bonchev–Trinajstić information content (AvgIpc) is 3.34. The highest BCUT2D eigenvalue weighted by molar-refractivity contribution is 5.90. The summed E-state index contributed by atoms with van der Waals surface area (Å²) in [6, 6.07) is 14.1. The van der Waals surface area contributed by atoms with Crippen LogP contribution in [0.4, 0.5) is 0 Å². The summed E-state index contributed by atoms with van der Waals surface area (Å²) < 4.78 is 13.0. The molecule has 1 saturated heterocycles. The Morgan fingerprint density at radius 2 is 1.82 bits per heavy atom. The maximum absolute atomic E-state index is 14.1. The van der Waals surface area contributed by atoms with Crippen LogP contribution in [0.15, 0.2) is 48.5 Å². The fraction of sp³-hybridized carbons (Fsp3) is 0.517. The predicted octanol–water partition coefficient (Wildman–Crippen LogP) is 3.04. The molecule has 39 heavy (non-hydrogen) atoms. The van der Waals surface area contributed by atoms with Gasteiger partial charge < -0.3 is 19.7 Å². The molecule has 4 rings (SSSR count). The number of nitrogens with zero attached hydrogens (tertiary/aromatic N) is 5. The van der Waals surface area contributed by atoms with Crippen LogP contribution in [0.1, 0.15) is 45.7 Å². The predicted molar refractivity (Wildman–Crippen MR) is 149 cm³/mol. The van der Waals surface area contributed by atoms with Gasteiger partial charge in [0.1, 0.15) is 23.9 Å². The minimum atomic E-state index is -0.887. The number of para-hydroxylation sites is 2. The fourth-order valence-corrected chi connectivity index (χ4v) is 4.66. The van der Waals surface area contributed by atoms with E-state index in [9.17, 15) is 9.59 Å². The van der Waals surface area contributed by atoms with Gasteiger partial charge in [-0.2, -0.15) is 0 Å². The summed E-state index contributed by atoms with van der Waals surface area (Å²) in [4.78, 5) is 32.1. The van der Waals surface area contributed by atoms with E-state index in [1.807, 2.05) is 76.2 Å². The highest BCUT2D eigenvalue weighted by Crippen LogP contribution is 2.31. The van der Waals surface area contributed by atoms with Crippen molar-refractivity contribution in [3.05, 3.63) is 54.1 Å². The number of carbonyl (C=O) groups is 2. The van der Waals surface area contributed by atoms with E-state index in [2.05, 4.69) is 20.5 Å². The third-order valence-electron chi connectivity index (χ3n) is 7.21. The molecule has 0 radical (unpaired) electrons. The molecule has 1 aliphatic heterocycles. The molecule has 1 aliphatic rings. The summed E-state index contributed by atoms with van der Waals surface area (Å²) in [7, 11) is 0. The van der Waals surface area contributed by atoms with Crippen LogP contribution in [-0.2, 0) is 20.9 Å². The SMILES string of the molecule is CCOc1ccccc1[C@@H](C(=O)NC(C)(C)CC)N(CCN1CCOCC1)C(=O)Cn1nnc2ccccc21. The Bertz CT molecular complexity index is 1250. The lowest BCUT2D eigenvalue weighted by Crippen LogP contribution is -2.52. The second-order valence-electron chi connectivity index (χ2n) is 10.4. The summed E-state index contributed by atoms with van der Waals surface area (Å²) in [5, 5.41) is 11.6. The smallest absolute Gasteiger partial charge is 0.248 e. The molecule has 1 fully saturated rings. The van der Waals surface area contributed by atoms with Crippen molar-refractivity contribution < 1.29 is 19.1 Å². The average molecular weight is 537 g/mol. The standard InChI is InChI=1S/C29H40N6O4/c1-5-29(3,4)30-28(37)27(22-11-7-10-14-25(22)39-6-2)34(16-15-33-17-19-38-20-18-33)26(36)21-35-24-13-9-8-12-23(24)31-32-35/h7-14,27H,5-6,15-21H2,1-4H3,(H,30,37)/t27-/m0/s1. The van der Waals surface area contributed by atoms with Crippen molar-refractivity contribution in [1.82, 2.24) is 30.1 Å². The van der Waals surface area contributed by atoms with Crippen molar-refractivity contribution in [1.29, 1.82) is 0 Å². The highest BCUT2D eigenvalue weighted by Gasteiger charge is 2.36. The zero-order valence-corrected chi connectivity index (χ0v) is 23.4. The monoisotopic (exact) mass is 536 g/mol. The summed E-state index contributed by atoms with van der Waals surface area (Å²) >= 11 is 0. The maximum Gasteiger partial charge on any atom is 0.248 e. The minimum Gasteiger partial charge on any atom is -0.494 e. The van der Waals surface area contributed by atoms with Crippen molar-refractivity contribution in [2.45, 2.75) is 52.2 Å². The van der Waals surface area contributed by atoms with Crippen LogP contribution < -0.4 is 10.1 Å². The second-order valence-corrected chi connectivity index (χ2v) is 10.4. The van der Waals surface area contributed by atoms with E-state index in [-0.39, 0.29) is 18.4 Å². The molecule has 1 atom stereocenters. The van der Waals surface area contributed by atoms with Gasteiger partial charge in [-0.3, -0.25) is 14.5 Å². The summed E-state index contributed by atoms with van der Waals surface area (Å²) in [5.41, 5.74) is 1.69. The molecule has 0 saturated carbocycles. The van der Waals surface area contributed by atoms with E-state index in [1.54, 1.807) is 9.58 Å². The first kappa shape index (κ1) is 28.5. The number of amides is 2. The fourth-order valence-electron chi connectivity index (χ4n) is 4.66. The van der Waals surface area contributed by atoms with Gasteiger partial charge in [0.2, 0.25) is 11.8 Å². The molecule has 10 nitrogen and oxygen atoms in total. The zero-order valence-electron chi connectivity index (χ0n) is 23.4. The van der Waals surface area contributed by atoms with Crippen LogP contribution in [0.5, 0.6) is 5.75 Å². The van der Waals surface area contributed by atoms with Gasteiger partial charge >= 0.3 is 0 Å². The first-order chi connectivity index (χ1) is 18.8. The Hall–Kier alpha value is -3.50. The molecule has 1 N–H and O–H groups in total. The molecule has 210 valence electrons. The number of benzene rings is 2. The number of rotatable bonds is 12. The normalized spacial score (nSPS) is 15.2. The van der Waals surface area contributed by atoms with E-state index in [0.717, 1.165) is 25.0 Å². The lowest BCUT2D eigenvalue weighted by atomic mass is 9.98. The van der Waals surface area contributed by atoms with Gasteiger partial charge in [-0.05, 0) is 45.4 Å². The van der Waals surface area contributed by atoms with Gasteiger partial charge in [0, 0.05) is 37.3 Å². The lowest BCUT2D eigenvalue weighted by molar-refractivity contribution is -0.142. The topological polar surface area (TPSA) is 102 Å². The minimum absolute atomic E-state index is 0.0403. The first-order valence-electron chi connectivity index (χ1n) is 13.7. The van der Waals surface area contributed by atoms with Crippen molar-refractivity contribution in [2.24, 2.45) is 0 Å². The number of hydrogen-bond donors (Lipinski definition) is 1. The Kier molecular flexibility index (Phi) is 9.53. The Balaban J connectivity index is 1.73. The van der Waals surface area contributed by atoms with Crippen molar-refractivity contribution in [3.63, 3.8) is 0 Å². The number of fused-ring (bicyclic) bond motifs is 1. The number of ether oxygens (including phenoxy) is 2. The second kappa shape index (κ2) is 13.0. The molecule has 0 unspecified atom stereocenters. The van der Waals surface area contributed by atoms with Gasteiger partial charge in [-0.15, -0.1) is 5.10 Å². The molecule has 2 heterocycles. The Labute approximate surface area is 230 Å². The summed E-state index contributed by atoms with van der Waals surface area (Å²) in [6.07, 6.45) is 0.741. The van der Waals surface area contributed by atoms with Gasteiger partial charge in [-0.1, -0.05) is 42.5 Å². The van der Waals surface area contributed by atoms with E-state index in [1.165, 1.54) is 0 Å². The van der Waals surface area contributed by atoms with Crippen molar-refractivity contribution in [3.8, 4) is 5.75 Å². The van der Waals surface area contributed by atoms with Gasteiger partial charge in [0.25, 0.3) is 0 Å². The molecule has 3 aromatic rings. The van der Waals surface area contributed by atoms with E-state index < -0.39 is 11.6 Å². The molecule has 10 heteroatoms. The quantitative estimate of drug-likeness (QED) is 0.380. The molecule has 0 spiro atoms. The molecule has 0 aliphatic carbocycles. The largest absolute Gasteiger partial charge is 0.494 e. The van der Waals surface area contributed by atoms with Crippen LogP contribution >= 0.6 is 0 Å². The zero-order chi connectivity index (χ0) is 27.8. The van der Waals surface area contributed by atoms with Crippen LogP contribution in [0.3, 0.4) is 0 Å². The molecule has 1 aromatic heterocycles. The first-order valence-corrected chi connectivity index (χ1v) is 13.7. The van der Waals surface area contributed by atoms with Crippen molar-refractivity contribution in [2.75, 3.05) is 46.0 Å². The van der Waals surface area contributed by atoms with Crippen LogP contribution in [-0.4, -0.2) is 88.1 Å². The maximum atomic E-state index is 14.1. The van der Waals surface area contributed by atoms with E-state index in [4.69, 9.17) is 9.47 Å². The molecular formula is C29H40N6O4. The molecule has 2 aromatic carbocycles. The number of aromatic nitrogens is 3. The third kappa shape index (κ3) is 7.13. The van der Waals surface area contributed by atoms with Crippen LogP contribution in [0.25, 0.3) is 11.0 Å². The van der Waals surface area contributed by atoms with Crippen molar-refractivity contribution >= 4 is 22.8 Å². The molecule has 0 bridgehead atoms. The summed E-state index contributed by atoms with van der Waals surface area (Å²) in [6.45, 7) is 12.2. The number of nitrogens with one attached hydrogen (secondary N) is 1. The van der Waals surface area contributed by atoms with E-state index >= 15 is 0 Å².